The van der Waals surface area contributed by atoms with E-state index in [0.29, 0.717) is 29.7 Å². The summed E-state index contributed by atoms with van der Waals surface area (Å²) in [5.41, 5.74) is 0.583. The second-order valence-electron chi connectivity index (χ2n) is 6.01. The molecule has 2 aliphatic rings. The summed E-state index contributed by atoms with van der Waals surface area (Å²) in [6, 6.07) is 1.52. The highest BCUT2D eigenvalue weighted by Gasteiger charge is 2.34. The van der Waals surface area contributed by atoms with Crippen LogP contribution in [0.2, 0.25) is 0 Å². The highest BCUT2D eigenvalue weighted by atomic mass is 35.5. The Morgan fingerprint density at radius 1 is 1.33 bits per heavy atom. The molecule has 0 saturated carbocycles. The van der Waals surface area contributed by atoms with E-state index in [2.05, 4.69) is 29.5 Å². The molecule has 0 aliphatic carbocycles. The zero-order valence-electron chi connectivity index (χ0n) is 12.3. The van der Waals surface area contributed by atoms with E-state index in [1.165, 1.54) is 12.8 Å². The average molecular weight is 352 g/mol. The van der Waals surface area contributed by atoms with Gasteiger partial charge in [0, 0.05) is 29.4 Å². The van der Waals surface area contributed by atoms with Gasteiger partial charge in [-0.1, -0.05) is 13.8 Å². The van der Waals surface area contributed by atoms with Crippen LogP contribution in [0.5, 0.6) is 0 Å². The van der Waals surface area contributed by atoms with Gasteiger partial charge in [-0.3, -0.25) is 4.79 Å². The first-order valence-corrected chi connectivity index (χ1v) is 8.02. The van der Waals surface area contributed by atoms with Crippen LogP contribution < -0.4 is 10.6 Å². The second kappa shape index (κ2) is 7.77. The van der Waals surface area contributed by atoms with Crippen LogP contribution in [0.15, 0.2) is 5.38 Å². The predicted molar refractivity (Wildman–Crippen MR) is 91.1 cm³/mol. The average Bonchev–Trinajstić information content (AvgIpc) is 2.96. The number of hydrogen-bond acceptors (Lipinski definition) is 4. The van der Waals surface area contributed by atoms with E-state index < -0.39 is 0 Å². The van der Waals surface area contributed by atoms with Crippen LogP contribution in [-0.4, -0.2) is 29.0 Å². The molecule has 1 amide bonds. The molecular formula is C14H23Cl2N3OS. The zero-order valence-corrected chi connectivity index (χ0v) is 14.7. The molecule has 1 aromatic heterocycles. The van der Waals surface area contributed by atoms with Crippen LogP contribution in [0.3, 0.4) is 0 Å². The molecule has 1 aromatic rings. The van der Waals surface area contributed by atoms with Gasteiger partial charge in [-0.2, -0.15) is 0 Å². The number of nitrogens with one attached hydrogen (secondary N) is 2. The van der Waals surface area contributed by atoms with Crippen LogP contribution >= 0.6 is 36.2 Å². The van der Waals surface area contributed by atoms with Gasteiger partial charge in [0.1, 0.15) is 5.69 Å². The molecule has 2 saturated heterocycles. The van der Waals surface area contributed by atoms with Gasteiger partial charge in [-0.25, -0.2) is 4.98 Å². The lowest BCUT2D eigenvalue weighted by atomic mass is 10.00. The lowest BCUT2D eigenvalue weighted by molar-refractivity contribution is 0.0919. The zero-order chi connectivity index (χ0) is 13.4. The van der Waals surface area contributed by atoms with Gasteiger partial charge in [0.05, 0.1) is 5.01 Å². The van der Waals surface area contributed by atoms with E-state index >= 15 is 0 Å². The summed E-state index contributed by atoms with van der Waals surface area (Å²) in [5.74, 6) is 0.385. The molecule has 4 nitrogen and oxygen atoms in total. The van der Waals surface area contributed by atoms with Crippen molar-refractivity contribution >= 4 is 42.1 Å². The SMILES string of the molecule is CC(C)c1nc(C(=O)NC2CC3CCC(C2)N3)cs1.Cl.Cl. The van der Waals surface area contributed by atoms with Crippen LogP contribution in [0.25, 0.3) is 0 Å². The molecule has 2 N–H and O–H groups in total. The van der Waals surface area contributed by atoms with Crippen molar-refractivity contribution in [3.63, 3.8) is 0 Å². The van der Waals surface area contributed by atoms with Crippen molar-refractivity contribution in [2.75, 3.05) is 0 Å². The number of carbonyl (C=O) groups excluding carboxylic acids is 1. The van der Waals surface area contributed by atoms with Gasteiger partial charge in [0.15, 0.2) is 0 Å². The van der Waals surface area contributed by atoms with E-state index in [9.17, 15) is 4.79 Å². The minimum absolute atomic E-state index is 0. The molecular weight excluding hydrogens is 329 g/mol. The van der Waals surface area contributed by atoms with Gasteiger partial charge in [-0.15, -0.1) is 36.2 Å². The minimum Gasteiger partial charge on any atom is -0.348 e. The molecule has 120 valence electrons. The number of amides is 1. The fourth-order valence-corrected chi connectivity index (χ4v) is 3.91. The summed E-state index contributed by atoms with van der Waals surface area (Å²) < 4.78 is 0. The summed E-state index contributed by atoms with van der Waals surface area (Å²) in [4.78, 5) is 16.6. The molecule has 2 atom stereocenters. The monoisotopic (exact) mass is 351 g/mol. The molecule has 0 spiro atoms. The van der Waals surface area contributed by atoms with E-state index in [1.54, 1.807) is 11.3 Å². The van der Waals surface area contributed by atoms with Crippen molar-refractivity contribution in [3.05, 3.63) is 16.1 Å². The summed E-state index contributed by atoms with van der Waals surface area (Å²) in [6.07, 6.45) is 4.63. The lowest BCUT2D eigenvalue weighted by Crippen LogP contribution is -2.48. The fraction of sp³-hybridized carbons (Fsp3) is 0.714. The van der Waals surface area contributed by atoms with Crippen molar-refractivity contribution in [3.8, 4) is 0 Å². The number of hydrogen-bond donors (Lipinski definition) is 2. The molecule has 2 unspecified atom stereocenters. The van der Waals surface area contributed by atoms with Crippen molar-refractivity contribution in [2.24, 2.45) is 0 Å². The first kappa shape index (κ1) is 18.7. The van der Waals surface area contributed by atoms with Gasteiger partial charge < -0.3 is 10.6 Å². The number of carbonyl (C=O) groups is 1. The summed E-state index contributed by atoms with van der Waals surface area (Å²) in [6.45, 7) is 4.20. The molecule has 0 radical (unpaired) electrons. The number of fused-ring (bicyclic) bond motifs is 2. The van der Waals surface area contributed by atoms with Crippen LogP contribution in [-0.2, 0) is 0 Å². The first-order valence-electron chi connectivity index (χ1n) is 7.14. The number of halogens is 2. The lowest BCUT2D eigenvalue weighted by Gasteiger charge is -2.29. The third kappa shape index (κ3) is 4.31. The Labute approximate surface area is 142 Å². The highest BCUT2D eigenvalue weighted by molar-refractivity contribution is 7.09. The number of thiazole rings is 1. The maximum atomic E-state index is 12.2. The van der Waals surface area contributed by atoms with Crippen molar-refractivity contribution in [1.82, 2.24) is 15.6 Å². The molecule has 2 bridgehead atoms. The number of nitrogens with zero attached hydrogens (tertiary/aromatic N) is 1. The van der Waals surface area contributed by atoms with Gasteiger partial charge >= 0.3 is 0 Å². The number of aromatic nitrogens is 1. The van der Waals surface area contributed by atoms with E-state index in [0.717, 1.165) is 17.8 Å². The summed E-state index contributed by atoms with van der Waals surface area (Å²) in [5, 5.41) is 9.65. The first-order chi connectivity index (χ1) is 9.11. The highest BCUT2D eigenvalue weighted by Crippen LogP contribution is 2.27. The molecule has 21 heavy (non-hydrogen) atoms. The van der Waals surface area contributed by atoms with Crippen molar-refractivity contribution in [2.45, 2.75) is 63.6 Å². The summed E-state index contributed by atoms with van der Waals surface area (Å²) in [7, 11) is 0. The standard InChI is InChI=1S/C14H21N3OS.2ClH/c1-8(2)14-17-12(7-19-14)13(18)16-11-5-9-3-4-10(6-11)15-9;;/h7-11,15H,3-6H2,1-2H3,(H,16,18);2*1H. The van der Waals surface area contributed by atoms with Crippen molar-refractivity contribution < 1.29 is 4.79 Å². The van der Waals surface area contributed by atoms with Crippen LogP contribution in [0.4, 0.5) is 0 Å². The van der Waals surface area contributed by atoms with Crippen LogP contribution in [0.1, 0.15) is 60.9 Å². The largest absolute Gasteiger partial charge is 0.348 e. The molecule has 3 heterocycles. The third-order valence-electron chi connectivity index (χ3n) is 4.06. The predicted octanol–water partition coefficient (Wildman–Crippen LogP) is 3.12. The molecule has 2 aliphatic heterocycles. The Morgan fingerprint density at radius 2 is 1.95 bits per heavy atom. The Kier molecular flexibility index (Phi) is 6.91. The maximum Gasteiger partial charge on any atom is 0.270 e. The topological polar surface area (TPSA) is 54.0 Å². The van der Waals surface area contributed by atoms with E-state index in [-0.39, 0.29) is 30.7 Å². The summed E-state index contributed by atoms with van der Waals surface area (Å²) >= 11 is 1.58. The Morgan fingerprint density at radius 3 is 2.48 bits per heavy atom. The third-order valence-corrected chi connectivity index (χ3v) is 5.20. The normalized spacial score (nSPS) is 26.9. The Bertz CT molecular complexity index is 469. The molecule has 0 aromatic carbocycles. The minimum atomic E-state index is -0.00514. The van der Waals surface area contributed by atoms with Gasteiger partial charge in [0.25, 0.3) is 5.91 Å². The quantitative estimate of drug-likeness (QED) is 0.879. The number of rotatable bonds is 3. The maximum absolute atomic E-state index is 12.2. The fourth-order valence-electron chi connectivity index (χ4n) is 3.09. The Balaban J connectivity index is 0.00000110. The van der Waals surface area contributed by atoms with Gasteiger partial charge in [0.2, 0.25) is 0 Å². The van der Waals surface area contributed by atoms with E-state index in [1.807, 2.05) is 5.38 Å². The Hall–Kier alpha value is -0.360. The molecule has 3 rings (SSSR count). The smallest absolute Gasteiger partial charge is 0.270 e. The van der Waals surface area contributed by atoms with Crippen molar-refractivity contribution in [1.29, 1.82) is 0 Å². The molecule has 2 fully saturated rings. The second-order valence-corrected chi connectivity index (χ2v) is 6.90. The van der Waals surface area contributed by atoms with Gasteiger partial charge in [-0.05, 0) is 25.7 Å². The number of piperidine rings is 1. The molecule has 7 heteroatoms. The van der Waals surface area contributed by atoms with E-state index in [4.69, 9.17) is 0 Å². The van der Waals surface area contributed by atoms with Crippen LogP contribution in [0, 0.1) is 0 Å².